The average molecular weight is 382 g/mol. The van der Waals surface area contributed by atoms with Gasteiger partial charge < -0.3 is 10.4 Å². The van der Waals surface area contributed by atoms with Crippen molar-refractivity contribution in [2.45, 2.75) is 59.4 Å². The third-order valence-corrected chi connectivity index (χ3v) is 5.49. The summed E-state index contributed by atoms with van der Waals surface area (Å²) in [6.45, 7) is 8.14. The first-order chi connectivity index (χ1) is 13.3. The molecule has 2 N–H and O–H groups in total. The van der Waals surface area contributed by atoms with Gasteiger partial charge in [0, 0.05) is 5.92 Å². The van der Waals surface area contributed by atoms with Gasteiger partial charge in [-0.1, -0.05) is 82.3 Å². The van der Waals surface area contributed by atoms with Crippen molar-refractivity contribution in [2.75, 3.05) is 6.61 Å². The number of aliphatic hydroxyl groups excluding tert-OH is 1. The van der Waals surface area contributed by atoms with Gasteiger partial charge in [0.05, 0.1) is 12.6 Å². The average Bonchev–Trinajstić information content (AvgIpc) is 2.69. The molecule has 1 amide bonds. The standard InChI is InChI=1S/C25H35NO2/c1-5-20(24(28)26-23(18-27)25(2,3)4)13-9-10-19-14-16-22(17-15-19)21-11-7-6-8-12-21/h6-8,11-12,14-17,20,23,27H,5,9-10,13,18H2,1-4H3,(H,26,28)/t20-,23-/m1/s1. The van der Waals surface area contributed by atoms with Crippen LogP contribution in [0.4, 0.5) is 0 Å². The summed E-state index contributed by atoms with van der Waals surface area (Å²) in [6, 6.07) is 18.9. The Morgan fingerprint density at radius 1 is 1.00 bits per heavy atom. The Hall–Kier alpha value is -2.13. The highest BCUT2D eigenvalue weighted by molar-refractivity contribution is 5.79. The van der Waals surface area contributed by atoms with E-state index in [-0.39, 0.29) is 29.9 Å². The van der Waals surface area contributed by atoms with Crippen molar-refractivity contribution in [2.24, 2.45) is 11.3 Å². The molecule has 2 atom stereocenters. The van der Waals surface area contributed by atoms with E-state index in [9.17, 15) is 9.90 Å². The summed E-state index contributed by atoms with van der Waals surface area (Å²) < 4.78 is 0. The Labute approximate surface area is 170 Å². The highest BCUT2D eigenvalue weighted by Crippen LogP contribution is 2.22. The molecule has 3 nitrogen and oxygen atoms in total. The Morgan fingerprint density at radius 3 is 2.14 bits per heavy atom. The van der Waals surface area contributed by atoms with Gasteiger partial charge in [-0.2, -0.15) is 0 Å². The molecule has 2 aromatic rings. The maximum absolute atomic E-state index is 12.6. The molecule has 0 spiro atoms. The number of hydrogen-bond donors (Lipinski definition) is 2. The monoisotopic (exact) mass is 381 g/mol. The number of rotatable bonds is 9. The van der Waals surface area contributed by atoms with Crippen LogP contribution in [0.25, 0.3) is 11.1 Å². The Kier molecular flexibility index (Phi) is 8.25. The number of benzene rings is 2. The predicted molar refractivity (Wildman–Crippen MR) is 117 cm³/mol. The van der Waals surface area contributed by atoms with Crippen LogP contribution in [-0.2, 0) is 11.2 Å². The first-order valence-corrected chi connectivity index (χ1v) is 10.4. The number of aliphatic hydroxyl groups is 1. The van der Waals surface area contributed by atoms with Crippen LogP contribution in [0.3, 0.4) is 0 Å². The van der Waals surface area contributed by atoms with E-state index in [4.69, 9.17) is 0 Å². The summed E-state index contributed by atoms with van der Waals surface area (Å²) in [5.74, 6) is 0.0656. The third-order valence-electron chi connectivity index (χ3n) is 5.49. The molecule has 3 heteroatoms. The quantitative estimate of drug-likeness (QED) is 0.625. The molecule has 0 fully saturated rings. The van der Waals surface area contributed by atoms with Gasteiger partial charge in [-0.05, 0) is 47.8 Å². The van der Waals surface area contributed by atoms with E-state index in [1.807, 2.05) is 26.8 Å². The first-order valence-electron chi connectivity index (χ1n) is 10.4. The number of carbonyl (C=O) groups excluding carboxylic acids is 1. The Balaban J connectivity index is 1.86. The molecular formula is C25H35NO2. The van der Waals surface area contributed by atoms with Crippen LogP contribution in [0, 0.1) is 11.3 Å². The maximum atomic E-state index is 12.6. The van der Waals surface area contributed by atoms with Gasteiger partial charge in [0.15, 0.2) is 0 Å². The first kappa shape index (κ1) is 22.2. The van der Waals surface area contributed by atoms with Gasteiger partial charge in [0.1, 0.15) is 0 Å². The zero-order valence-corrected chi connectivity index (χ0v) is 17.7. The molecule has 0 unspecified atom stereocenters. The minimum Gasteiger partial charge on any atom is -0.394 e. The molecular weight excluding hydrogens is 346 g/mol. The van der Waals surface area contributed by atoms with Crippen LogP contribution in [0.2, 0.25) is 0 Å². The van der Waals surface area contributed by atoms with Crippen molar-refractivity contribution in [1.29, 1.82) is 0 Å². The lowest BCUT2D eigenvalue weighted by atomic mass is 9.86. The smallest absolute Gasteiger partial charge is 0.223 e. The topological polar surface area (TPSA) is 49.3 Å². The second-order valence-corrected chi connectivity index (χ2v) is 8.67. The van der Waals surface area contributed by atoms with Crippen LogP contribution < -0.4 is 5.32 Å². The summed E-state index contributed by atoms with van der Waals surface area (Å²) in [6.07, 6.45) is 3.64. The normalized spacial score (nSPS) is 13.8. The summed E-state index contributed by atoms with van der Waals surface area (Å²) in [5, 5.41) is 12.6. The van der Waals surface area contributed by atoms with Gasteiger partial charge in [0.25, 0.3) is 0 Å². The largest absolute Gasteiger partial charge is 0.394 e. The van der Waals surface area contributed by atoms with Crippen molar-refractivity contribution >= 4 is 5.91 Å². The van der Waals surface area contributed by atoms with Crippen LogP contribution in [0.1, 0.15) is 52.5 Å². The molecule has 0 radical (unpaired) electrons. The molecule has 2 rings (SSSR count). The van der Waals surface area contributed by atoms with Gasteiger partial charge in [-0.25, -0.2) is 0 Å². The zero-order valence-electron chi connectivity index (χ0n) is 17.7. The fraction of sp³-hybridized carbons (Fsp3) is 0.480. The van der Waals surface area contributed by atoms with Crippen LogP contribution in [0.5, 0.6) is 0 Å². The molecule has 0 aliphatic carbocycles. The number of aryl methyl sites for hydroxylation is 1. The molecule has 152 valence electrons. The number of nitrogens with one attached hydrogen (secondary N) is 1. The number of carbonyl (C=O) groups is 1. The van der Waals surface area contributed by atoms with Crippen molar-refractivity contribution in [3.8, 4) is 11.1 Å². The highest BCUT2D eigenvalue weighted by Gasteiger charge is 2.27. The fourth-order valence-electron chi connectivity index (χ4n) is 3.39. The molecule has 0 heterocycles. The van der Waals surface area contributed by atoms with E-state index < -0.39 is 0 Å². The van der Waals surface area contributed by atoms with E-state index in [1.54, 1.807) is 0 Å². The minimum atomic E-state index is -0.209. The maximum Gasteiger partial charge on any atom is 0.223 e. The van der Waals surface area contributed by atoms with Crippen molar-refractivity contribution < 1.29 is 9.90 Å². The second kappa shape index (κ2) is 10.4. The van der Waals surface area contributed by atoms with E-state index in [1.165, 1.54) is 16.7 Å². The molecule has 2 aromatic carbocycles. The van der Waals surface area contributed by atoms with Crippen LogP contribution in [0.15, 0.2) is 54.6 Å². The van der Waals surface area contributed by atoms with E-state index >= 15 is 0 Å². The highest BCUT2D eigenvalue weighted by atomic mass is 16.3. The van der Waals surface area contributed by atoms with E-state index in [0.717, 1.165) is 25.7 Å². The summed E-state index contributed by atoms with van der Waals surface area (Å²) in [5.41, 5.74) is 3.61. The summed E-state index contributed by atoms with van der Waals surface area (Å²) in [4.78, 5) is 12.6. The third kappa shape index (κ3) is 6.49. The minimum absolute atomic E-state index is 0.00000743. The van der Waals surface area contributed by atoms with Crippen molar-refractivity contribution in [3.05, 3.63) is 60.2 Å². The fourth-order valence-corrected chi connectivity index (χ4v) is 3.39. The second-order valence-electron chi connectivity index (χ2n) is 8.67. The molecule has 0 bridgehead atoms. The van der Waals surface area contributed by atoms with E-state index in [2.05, 4.69) is 60.8 Å². The van der Waals surface area contributed by atoms with Crippen LogP contribution in [-0.4, -0.2) is 23.7 Å². The van der Waals surface area contributed by atoms with E-state index in [0.29, 0.717) is 0 Å². The molecule has 28 heavy (non-hydrogen) atoms. The lowest BCUT2D eigenvalue weighted by Gasteiger charge is -2.31. The van der Waals surface area contributed by atoms with Crippen LogP contribution >= 0.6 is 0 Å². The van der Waals surface area contributed by atoms with Gasteiger partial charge in [-0.15, -0.1) is 0 Å². The Morgan fingerprint density at radius 2 is 1.61 bits per heavy atom. The lowest BCUT2D eigenvalue weighted by Crippen LogP contribution is -2.48. The molecule has 0 aliphatic rings. The summed E-state index contributed by atoms with van der Waals surface area (Å²) >= 11 is 0. The molecule has 0 saturated heterocycles. The lowest BCUT2D eigenvalue weighted by molar-refractivity contribution is -0.127. The molecule has 0 saturated carbocycles. The van der Waals surface area contributed by atoms with Crippen molar-refractivity contribution in [1.82, 2.24) is 5.32 Å². The molecule has 0 aromatic heterocycles. The number of hydrogen-bond acceptors (Lipinski definition) is 2. The zero-order chi connectivity index (χ0) is 20.6. The van der Waals surface area contributed by atoms with Gasteiger partial charge in [0.2, 0.25) is 5.91 Å². The SMILES string of the molecule is CC[C@H](CCCc1ccc(-c2ccccc2)cc1)C(=O)N[C@H](CO)C(C)(C)C. The van der Waals surface area contributed by atoms with Gasteiger partial charge in [-0.3, -0.25) is 4.79 Å². The molecule has 0 aliphatic heterocycles. The predicted octanol–water partition coefficient (Wildman–Crippen LogP) is 5.23. The van der Waals surface area contributed by atoms with Gasteiger partial charge >= 0.3 is 0 Å². The summed E-state index contributed by atoms with van der Waals surface area (Å²) in [7, 11) is 0. The van der Waals surface area contributed by atoms with Crippen molar-refractivity contribution in [3.63, 3.8) is 0 Å². The Bertz CT molecular complexity index is 716. The number of amides is 1.